The largest absolute Gasteiger partial charge is 0.396 e. The Hall–Kier alpha value is -1.61. The molecule has 114 valence electrons. The van der Waals surface area contributed by atoms with Crippen LogP contribution in [0.15, 0.2) is 30.3 Å². The van der Waals surface area contributed by atoms with Crippen LogP contribution in [0, 0.1) is 5.41 Å². The number of aliphatic hydroxyl groups is 1. The molecule has 1 heterocycles. The number of hydrogen-bond donors (Lipinski definition) is 2. The molecule has 0 atom stereocenters. The molecule has 2 aromatic rings. The molecule has 0 amide bonds. The molecule has 0 bridgehead atoms. The first kappa shape index (κ1) is 15.8. The molecule has 1 aromatic heterocycles. The third-order valence-electron chi connectivity index (χ3n) is 3.91. The number of rotatable bonds is 7. The second-order valence-electron chi connectivity index (χ2n) is 6.38. The first-order chi connectivity index (χ1) is 10.1. The van der Waals surface area contributed by atoms with Gasteiger partial charge in [0.25, 0.3) is 0 Å². The van der Waals surface area contributed by atoms with Crippen LogP contribution in [0.3, 0.4) is 0 Å². The minimum Gasteiger partial charge on any atom is -0.396 e. The van der Waals surface area contributed by atoms with E-state index >= 15 is 0 Å². The summed E-state index contributed by atoms with van der Waals surface area (Å²) in [6, 6.07) is 10.4. The van der Waals surface area contributed by atoms with Gasteiger partial charge in [-0.2, -0.15) is 0 Å². The fourth-order valence-electron chi connectivity index (χ4n) is 2.43. The molecule has 3 nitrogen and oxygen atoms in total. The summed E-state index contributed by atoms with van der Waals surface area (Å²) in [7, 11) is 0. The third-order valence-corrected chi connectivity index (χ3v) is 3.91. The van der Waals surface area contributed by atoms with Crippen molar-refractivity contribution in [2.45, 2.75) is 40.0 Å². The third kappa shape index (κ3) is 4.18. The van der Waals surface area contributed by atoms with Gasteiger partial charge in [-0.25, -0.2) is 0 Å². The number of para-hydroxylation sites is 1. The zero-order valence-corrected chi connectivity index (χ0v) is 13.3. The van der Waals surface area contributed by atoms with Crippen molar-refractivity contribution in [3.05, 3.63) is 36.0 Å². The number of aromatic nitrogens is 1. The Morgan fingerprint density at radius 2 is 2.00 bits per heavy atom. The lowest BCUT2D eigenvalue weighted by atomic mass is 9.89. The van der Waals surface area contributed by atoms with Gasteiger partial charge in [-0.1, -0.05) is 39.0 Å². The maximum Gasteiger partial charge on any atom is 0.0726 e. The van der Waals surface area contributed by atoms with Gasteiger partial charge in [-0.05, 0) is 36.8 Å². The first-order valence-corrected chi connectivity index (χ1v) is 7.79. The Kier molecular flexibility index (Phi) is 5.18. The maximum absolute atomic E-state index is 9.29. The van der Waals surface area contributed by atoms with Gasteiger partial charge < -0.3 is 10.4 Å². The van der Waals surface area contributed by atoms with Crippen molar-refractivity contribution in [2.75, 3.05) is 18.5 Å². The SMILES string of the molecule is CCc1cc(NCCCC(C)(C)CO)c2ccccc2n1. The number of hydrogen-bond acceptors (Lipinski definition) is 3. The summed E-state index contributed by atoms with van der Waals surface area (Å²) < 4.78 is 0. The quantitative estimate of drug-likeness (QED) is 0.756. The standard InChI is InChI=1S/C18H26N2O/c1-4-14-12-17(15-8-5-6-9-16(15)20-14)19-11-7-10-18(2,3)13-21/h5-6,8-9,12,21H,4,7,10-11,13H2,1-3H3,(H,19,20). The Bertz CT molecular complexity index is 593. The number of anilines is 1. The molecule has 0 aliphatic heterocycles. The number of aryl methyl sites for hydroxylation is 1. The van der Waals surface area contributed by atoms with E-state index in [-0.39, 0.29) is 12.0 Å². The molecule has 21 heavy (non-hydrogen) atoms. The van der Waals surface area contributed by atoms with Crippen molar-refractivity contribution < 1.29 is 5.11 Å². The van der Waals surface area contributed by atoms with E-state index in [2.05, 4.69) is 55.3 Å². The molecule has 0 unspecified atom stereocenters. The average Bonchev–Trinajstić information content (AvgIpc) is 2.51. The van der Waals surface area contributed by atoms with Gasteiger partial charge in [0, 0.05) is 29.9 Å². The predicted molar refractivity (Wildman–Crippen MR) is 89.7 cm³/mol. The Balaban J connectivity index is 2.07. The van der Waals surface area contributed by atoms with Gasteiger partial charge in [-0.15, -0.1) is 0 Å². The van der Waals surface area contributed by atoms with Gasteiger partial charge in [0.15, 0.2) is 0 Å². The summed E-state index contributed by atoms with van der Waals surface area (Å²) in [5, 5.41) is 14.0. The summed E-state index contributed by atoms with van der Waals surface area (Å²) in [5.41, 5.74) is 3.34. The van der Waals surface area contributed by atoms with E-state index < -0.39 is 0 Å². The second-order valence-corrected chi connectivity index (χ2v) is 6.38. The first-order valence-electron chi connectivity index (χ1n) is 7.79. The predicted octanol–water partition coefficient (Wildman–Crippen LogP) is 4.01. The lowest BCUT2D eigenvalue weighted by molar-refractivity contribution is 0.149. The van der Waals surface area contributed by atoms with Crippen molar-refractivity contribution in [2.24, 2.45) is 5.41 Å². The van der Waals surface area contributed by atoms with Gasteiger partial charge in [0.05, 0.1) is 5.52 Å². The highest BCUT2D eigenvalue weighted by Gasteiger charge is 2.15. The summed E-state index contributed by atoms with van der Waals surface area (Å²) in [5.74, 6) is 0. The smallest absolute Gasteiger partial charge is 0.0726 e. The summed E-state index contributed by atoms with van der Waals surface area (Å²) in [4.78, 5) is 4.66. The van der Waals surface area contributed by atoms with E-state index in [9.17, 15) is 5.11 Å². The molecule has 1 aromatic carbocycles. The van der Waals surface area contributed by atoms with E-state index in [1.54, 1.807) is 0 Å². The van der Waals surface area contributed by atoms with Crippen LogP contribution >= 0.6 is 0 Å². The minimum atomic E-state index is 0.0105. The van der Waals surface area contributed by atoms with Crippen LogP contribution in [-0.4, -0.2) is 23.2 Å². The van der Waals surface area contributed by atoms with Crippen LogP contribution in [-0.2, 0) is 6.42 Å². The molecule has 0 radical (unpaired) electrons. The lowest BCUT2D eigenvalue weighted by Gasteiger charge is -2.21. The Morgan fingerprint density at radius 3 is 2.71 bits per heavy atom. The molecule has 2 rings (SSSR count). The summed E-state index contributed by atoms with van der Waals surface area (Å²) in [6.07, 6.45) is 3.00. The van der Waals surface area contributed by atoms with Crippen LogP contribution in [0.25, 0.3) is 10.9 Å². The Labute approximate surface area is 127 Å². The van der Waals surface area contributed by atoms with Gasteiger partial charge in [0.1, 0.15) is 0 Å². The van der Waals surface area contributed by atoms with E-state index in [0.717, 1.165) is 37.0 Å². The maximum atomic E-state index is 9.29. The molecule has 0 saturated heterocycles. The average molecular weight is 286 g/mol. The zero-order chi connectivity index (χ0) is 15.3. The fourth-order valence-corrected chi connectivity index (χ4v) is 2.43. The molecule has 0 fully saturated rings. The lowest BCUT2D eigenvalue weighted by Crippen LogP contribution is -2.18. The van der Waals surface area contributed by atoms with Crippen LogP contribution < -0.4 is 5.32 Å². The van der Waals surface area contributed by atoms with E-state index in [0.29, 0.717) is 0 Å². The highest BCUT2D eigenvalue weighted by atomic mass is 16.3. The van der Waals surface area contributed by atoms with E-state index in [1.807, 2.05) is 6.07 Å². The van der Waals surface area contributed by atoms with Crippen molar-refractivity contribution in [3.8, 4) is 0 Å². The number of nitrogens with one attached hydrogen (secondary N) is 1. The van der Waals surface area contributed by atoms with Gasteiger partial charge in [0.2, 0.25) is 0 Å². The van der Waals surface area contributed by atoms with Crippen LogP contribution in [0.2, 0.25) is 0 Å². The topological polar surface area (TPSA) is 45.1 Å². The van der Waals surface area contributed by atoms with E-state index in [4.69, 9.17) is 0 Å². The number of aliphatic hydroxyl groups excluding tert-OH is 1. The highest BCUT2D eigenvalue weighted by molar-refractivity contribution is 5.91. The molecule has 3 heteroatoms. The van der Waals surface area contributed by atoms with Crippen molar-refractivity contribution in [3.63, 3.8) is 0 Å². The van der Waals surface area contributed by atoms with Crippen LogP contribution in [0.5, 0.6) is 0 Å². The van der Waals surface area contributed by atoms with Crippen LogP contribution in [0.1, 0.15) is 39.3 Å². The minimum absolute atomic E-state index is 0.0105. The zero-order valence-electron chi connectivity index (χ0n) is 13.3. The normalized spacial score (nSPS) is 11.8. The molecule has 0 saturated carbocycles. The Morgan fingerprint density at radius 1 is 1.24 bits per heavy atom. The highest BCUT2D eigenvalue weighted by Crippen LogP contribution is 2.25. The number of pyridine rings is 1. The molecule has 0 spiro atoms. The molecule has 0 aliphatic rings. The number of benzene rings is 1. The summed E-state index contributed by atoms with van der Waals surface area (Å²) >= 11 is 0. The monoisotopic (exact) mass is 286 g/mol. The van der Waals surface area contributed by atoms with E-state index in [1.165, 1.54) is 11.1 Å². The van der Waals surface area contributed by atoms with Gasteiger partial charge in [-0.3, -0.25) is 4.98 Å². The van der Waals surface area contributed by atoms with Crippen molar-refractivity contribution >= 4 is 16.6 Å². The fraction of sp³-hybridized carbons (Fsp3) is 0.500. The molecule has 2 N–H and O–H groups in total. The molecular weight excluding hydrogens is 260 g/mol. The number of nitrogens with zero attached hydrogens (tertiary/aromatic N) is 1. The number of fused-ring (bicyclic) bond motifs is 1. The van der Waals surface area contributed by atoms with Gasteiger partial charge >= 0.3 is 0 Å². The second kappa shape index (κ2) is 6.90. The van der Waals surface area contributed by atoms with Crippen molar-refractivity contribution in [1.82, 2.24) is 4.98 Å². The van der Waals surface area contributed by atoms with Crippen molar-refractivity contribution in [1.29, 1.82) is 0 Å². The molecular formula is C18H26N2O. The van der Waals surface area contributed by atoms with Crippen LogP contribution in [0.4, 0.5) is 5.69 Å². The summed E-state index contributed by atoms with van der Waals surface area (Å²) in [6.45, 7) is 7.49. The molecule has 0 aliphatic carbocycles.